The molecule has 1 rings (SSSR count). The zero-order valence-electron chi connectivity index (χ0n) is 8.51. The third-order valence-corrected chi connectivity index (χ3v) is 2.17. The second-order valence-corrected chi connectivity index (χ2v) is 3.22. The maximum Gasteiger partial charge on any atom is 0.419 e. The topological polar surface area (TPSA) is 26.0 Å². The van der Waals surface area contributed by atoms with E-state index >= 15 is 0 Å². The van der Waals surface area contributed by atoms with Crippen molar-refractivity contribution in [2.75, 3.05) is 0 Å². The molecule has 0 bridgehead atoms. The average Bonchev–Trinajstić information content (AvgIpc) is 2.14. The summed E-state index contributed by atoms with van der Waals surface area (Å²) in [7, 11) is 0. The Kier molecular flexibility index (Phi) is 5.22. The molecule has 0 saturated heterocycles. The summed E-state index contributed by atoms with van der Waals surface area (Å²) >= 11 is 0. The van der Waals surface area contributed by atoms with Crippen LogP contribution in [-0.2, 0) is 6.18 Å². The fourth-order valence-electron chi connectivity index (χ4n) is 1.37. The fraction of sp³-hybridized carbons (Fsp3) is 0.400. The van der Waals surface area contributed by atoms with Crippen molar-refractivity contribution in [3.63, 3.8) is 0 Å². The van der Waals surface area contributed by atoms with Crippen LogP contribution >= 0.6 is 12.4 Å². The van der Waals surface area contributed by atoms with Crippen LogP contribution in [0.3, 0.4) is 0 Å². The van der Waals surface area contributed by atoms with Crippen molar-refractivity contribution in [3.8, 4) is 0 Å². The van der Waals surface area contributed by atoms with Crippen LogP contribution in [0.2, 0.25) is 0 Å². The number of rotatable bonds is 2. The standard InChI is InChI=1S/C10H11F4N.ClH/c1-2-8(15)6-4-3-5-7(11)9(6)10(12,13)14;/h3-5,8H,2,15H2,1H3;1H/t8-;/m0./s1. The molecular formula is C10H12ClF4N. The van der Waals surface area contributed by atoms with Gasteiger partial charge in [-0.2, -0.15) is 13.2 Å². The fourth-order valence-corrected chi connectivity index (χ4v) is 1.37. The van der Waals surface area contributed by atoms with Crippen LogP contribution in [0.1, 0.15) is 30.5 Å². The summed E-state index contributed by atoms with van der Waals surface area (Å²) in [4.78, 5) is 0. The highest BCUT2D eigenvalue weighted by Crippen LogP contribution is 2.36. The van der Waals surface area contributed by atoms with Crippen LogP contribution in [0.5, 0.6) is 0 Å². The lowest BCUT2D eigenvalue weighted by Gasteiger charge is -2.17. The van der Waals surface area contributed by atoms with Crippen LogP contribution in [0.15, 0.2) is 18.2 Å². The third-order valence-electron chi connectivity index (χ3n) is 2.17. The van der Waals surface area contributed by atoms with Crippen LogP contribution in [-0.4, -0.2) is 0 Å². The molecule has 0 radical (unpaired) electrons. The summed E-state index contributed by atoms with van der Waals surface area (Å²) < 4.78 is 50.6. The van der Waals surface area contributed by atoms with E-state index < -0.39 is 23.6 Å². The van der Waals surface area contributed by atoms with Crippen LogP contribution < -0.4 is 5.73 Å². The van der Waals surface area contributed by atoms with Gasteiger partial charge in [0.05, 0.1) is 5.56 Å². The van der Waals surface area contributed by atoms with Crippen molar-refractivity contribution in [2.24, 2.45) is 5.73 Å². The molecule has 1 aromatic carbocycles. The number of halogens is 5. The predicted octanol–water partition coefficient (Wildman–Crippen LogP) is 3.68. The molecule has 1 nitrogen and oxygen atoms in total. The van der Waals surface area contributed by atoms with E-state index in [0.29, 0.717) is 6.42 Å². The van der Waals surface area contributed by atoms with Gasteiger partial charge in [-0.3, -0.25) is 0 Å². The Morgan fingerprint density at radius 1 is 1.31 bits per heavy atom. The van der Waals surface area contributed by atoms with E-state index in [9.17, 15) is 17.6 Å². The summed E-state index contributed by atoms with van der Waals surface area (Å²) in [6.45, 7) is 1.65. The Morgan fingerprint density at radius 3 is 2.31 bits per heavy atom. The van der Waals surface area contributed by atoms with E-state index in [-0.39, 0.29) is 18.0 Å². The lowest BCUT2D eigenvalue weighted by atomic mass is 9.98. The largest absolute Gasteiger partial charge is 0.419 e. The second kappa shape index (κ2) is 5.50. The quantitative estimate of drug-likeness (QED) is 0.804. The molecule has 0 fully saturated rings. The summed E-state index contributed by atoms with van der Waals surface area (Å²) in [5, 5.41) is 0. The molecular weight excluding hydrogens is 246 g/mol. The molecule has 1 atom stereocenters. The van der Waals surface area contributed by atoms with Crippen molar-refractivity contribution in [1.29, 1.82) is 0 Å². The minimum absolute atomic E-state index is 0. The van der Waals surface area contributed by atoms with Gasteiger partial charge in [0.25, 0.3) is 0 Å². The molecule has 2 N–H and O–H groups in total. The Labute approximate surface area is 97.0 Å². The van der Waals surface area contributed by atoms with Gasteiger partial charge in [-0.05, 0) is 18.1 Å². The second-order valence-electron chi connectivity index (χ2n) is 3.22. The van der Waals surface area contributed by atoms with Gasteiger partial charge >= 0.3 is 6.18 Å². The van der Waals surface area contributed by atoms with E-state index in [2.05, 4.69) is 0 Å². The number of hydrogen-bond donors (Lipinski definition) is 1. The summed E-state index contributed by atoms with van der Waals surface area (Å²) in [5.41, 5.74) is 4.05. The molecule has 0 heterocycles. The average molecular weight is 258 g/mol. The van der Waals surface area contributed by atoms with Crippen LogP contribution in [0, 0.1) is 5.82 Å². The van der Waals surface area contributed by atoms with Gasteiger partial charge in [-0.25, -0.2) is 4.39 Å². The van der Waals surface area contributed by atoms with Gasteiger partial charge in [-0.15, -0.1) is 12.4 Å². The van der Waals surface area contributed by atoms with Gasteiger partial charge in [0.2, 0.25) is 0 Å². The van der Waals surface area contributed by atoms with Crippen LogP contribution in [0.4, 0.5) is 17.6 Å². The van der Waals surface area contributed by atoms with E-state index in [1.54, 1.807) is 6.92 Å². The highest BCUT2D eigenvalue weighted by atomic mass is 35.5. The first-order chi connectivity index (χ1) is 6.88. The predicted molar refractivity (Wildman–Crippen MR) is 55.9 cm³/mol. The molecule has 16 heavy (non-hydrogen) atoms. The summed E-state index contributed by atoms with van der Waals surface area (Å²) in [6.07, 6.45) is -4.38. The van der Waals surface area contributed by atoms with Gasteiger partial charge in [0, 0.05) is 6.04 Å². The van der Waals surface area contributed by atoms with E-state index in [1.807, 2.05) is 0 Å². The first kappa shape index (κ1) is 15.2. The maximum atomic E-state index is 13.1. The molecule has 0 aliphatic carbocycles. The summed E-state index contributed by atoms with van der Waals surface area (Å²) in [6, 6.07) is 2.43. The first-order valence-electron chi connectivity index (χ1n) is 4.49. The Morgan fingerprint density at radius 2 is 1.88 bits per heavy atom. The zero-order chi connectivity index (χ0) is 11.6. The van der Waals surface area contributed by atoms with Gasteiger partial charge in [0.1, 0.15) is 5.82 Å². The molecule has 0 aromatic heterocycles. The molecule has 0 amide bonds. The van der Waals surface area contributed by atoms with E-state index in [1.165, 1.54) is 12.1 Å². The molecule has 0 spiro atoms. The van der Waals surface area contributed by atoms with Crippen molar-refractivity contribution in [2.45, 2.75) is 25.6 Å². The summed E-state index contributed by atoms with van der Waals surface area (Å²) in [5.74, 6) is -1.27. The lowest BCUT2D eigenvalue weighted by Crippen LogP contribution is -2.18. The van der Waals surface area contributed by atoms with Crippen molar-refractivity contribution in [3.05, 3.63) is 35.1 Å². The molecule has 0 unspecified atom stereocenters. The number of nitrogens with two attached hydrogens (primary N) is 1. The van der Waals surface area contributed by atoms with Gasteiger partial charge < -0.3 is 5.73 Å². The Bertz CT molecular complexity index is 351. The minimum Gasteiger partial charge on any atom is -0.324 e. The Balaban J connectivity index is 0.00000225. The third kappa shape index (κ3) is 3.09. The highest BCUT2D eigenvalue weighted by Gasteiger charge is 2.37. The molecule has 0 saturated carbocycles. The van der Waals surface area contributed by atoms with E-state index in [4.69, 9.17) is 5.73 Å². The number of benzene rings is 1. The lowest BCUT2D eigenvalue weighted by molar-refractivity contribution is -0.140. The van der Waals surface area contributed by atoms with Crippen LogP contribution in [0.25, 0.3) is 0 Å². The zero-order valence-corrected chi connectivity index (χ0v) is 9.33. The highest BCUT2D eigenvalue weighted by molar-refractivity contribution is 5.85. The van der Waals surface area contributed by atoms with Gasteiger partial charge in [-0.1, -0.05) is 19.1 Å². The number of alkyl halides is 3. The molecule has 0 aliphatic heterocycles. The van der Waals surface area contributed by atoms with Crippen molar-refractivity contribution >= 4 is 12.4 Å². The van der Waals surface area contributed by atoms with Crippen molar-refractivity contribution in [1.82, 2.24) is 0 Å². The number of hydrogen-bond acceptors (Lipinski definition) is 1. The van der Waals surface area contributed by atoms with Gasteiger partial charge in [0.15, 0.2) is 0 Å². The maximum absolute atomic E-state index is 13.1. The van der Waals surface area contributed by atoms with Crippen molar-refractivity contribution < 1.29 is 17.6 Å². The smallest absolute Gasteiger partial charge is 0.324 e. The SMILES string of the molecule is CC[C@H](N)c1cccc(F)c1C(F)(F)F.Cl. The Hall–Kier alpha value is -0.810. The molecule has 0 aliphatic rings. The molecule has 92 valence electrons. The van der Waals surface area contributed by atoms with E-state index in [0.717, 1.165) is 6.07 Å². The minimum atomic E-state index is -4.70. The normalized spacial score (nSPS) is 13.1. The monoisotopic (exact) mass is 257 g/mol. The first-order valence-corrected chi connectivity index (χ1v) is 4.49. The molecule has 1 aromatic rings. The molecule has 6 heteroatoms.